The summed E-state index contributed by atoms with van der Waals surface area (Å²) in [5.74, 6) is 0.947. The summed E-state index contributed by atoms with van der Waals surface area (Å²) in [6.45, 7) is 14.1. The maximum atomic E-state index is 5.88. The molecule has 0 atom stereocenters. The SMILES string of the molecule is C=Cc1cc(OC(C)(C)C)c(C)cc1C. The van der Waals surface area contributed by atoms with Gasteiger partial charge in [-0.25, -0.2) is 0 Å². The monoisotopic (exact) mass is 204 g/mol. The van der Waals surface area contributed by atoms with Crippen LogP contribution in [0.4, 0.5) is 0 Å². The highest BCUT2D eigenvalue weighted by molar-refractivity contribution is 5.56. The number of ether oxygens (including phenoxy) is 1. The van der Waals surface area contributed by atoms with E-state index >= 15 is 0 Å². The van der Waals surface area contributed by atoms with Crippen LogP contribution in [0.25, 0.3) is 6.08 Å². The van der Waals surface area contributed by atoms with Crippen molar-refractivity contribution in [3.63, 3.8) is 0 Å². The van der Waals surface area contributed by atoms with Crippen LogP contribution in [0.3, 0.4) is 0 Å². The van der Waals surface area contributed by atoms with Crippen LogP contribution in [0.1, 0.15) is 37.5 Å². The average molecular weight is 204 g/mol. The normalized spacial score (nSPS) is 11.3. The molecule has 82 valence electrons. The summed E-state index contributed by atoms with van der Waals surface area (Å²) in [7, 11) is 0. The summed E-state index contributed by atoms with van der Waals surface area (Å²) in [5, 5.41) is 0. The summed E-state index contributed by atoms with van der Waals surface area (Å²) >= 11 is 0. The van der Waals surface area contributed by atoms with Crippen LogP contribution in [0.5, 0.6) is 5.75 Å². The Kier molecular flexibility index (Phi) is 3.23. The number of hydrogen-bond acceptors (Lipinski definition) is 1. The van der Waals surface area contributed by atoms with E-state index in [4.69, 9.17) is 4.74 Å². The lowest BCUT2D eigenvalue weighted by atomic mass is 10.0. The van der Waals surface area contributed by atoms with E-state index in [1.54, 1.807) is 0 Å². The lowest BCUT2D eigenvalue weighted by molar-refractivity contribution is 0.130. The number of hydrogen-bond donors (Lipinski definition) is 0. The number of benzene rings is 1. The zero-order valence-electron chi connectivity index (χ0n) is 10.3. The molecule has 1 nitrogen and oxygen atoms in total. The molecule has 0 unspecified atom stereocenters. The van der Waals surface area contributed by atoms with Crippen molar-refractivity contribution < 1.29 is 4.74 Å². The smallest absolute Gasteiger partial charge is 0.123 e. The van der Waals surface area contributed by atoms with Crippen molar-refractivity contribution in [1.82, 2.24) is 0 Å². The largest absolute Gasteiger partial charge is 0.488 e. The molecule has 0 saturated heterocycles. The first kappa shape index (κ1) is 11.8. The van der Waals surface area contributed by atoms with Crippen molar-refractivity contribution >= 4 is 6.08 Å². The minimum atomic E-state index is -0.154. The Morgan fingerprint density at radius 1 is 1.13 bits per heavy atom. The zero-order chi connectivity index (χ0) is 11.6. The zero-order valence-corrected chi connectivity index (χ0v) is 10.3. The third-order valence-corrected chi connectivity index (χ3v) is 2.20. The molecule has 0 bridgehead atoms. The second kappa shape index (κ2) is 4.09. The minimum Gasteiger partial charge on any atom is -0.488 e. The van der Waals surface area contributed by atoms with Gasteiger partial charge in [-0.3, -0.25) is 0 Å². The Balaban J connectivity index is 3.13. The molecule has 0 saturated carbocycles. The molecule has 1 rings (SSSR count). The van der Waals surface area contributed by atoms with Crippen LogP contribution in [0, 0.1) is 13.8 Å². The van der Waals surface area contributed by atoms with Crippen molar-refractivity contribution in [3.05, 3.63) is 35.4 Å². The Labute approximate surface area is 92.8 Å². The fourth-order valence-electron chi connectivity index (χ4n) is 1.51. The molecule has 0 radical (unpaired) electrons. The van der Waals surface area contributed by atoms with Crippen molar-refractivity contribution in [3.8, 4) is 5.75 Å². The second-order valence-corrected chi connectivity index (χ2v) is 4.89. The van der Waals surface area contributed by atoms with Crippen LogP contribution >= 0.6 is 0 Å². The van der Waals surface area contributed by atoms with Gasteiger partial charge >= 0.3 is 0 Å². The third-order valence-electron chi connectivity index (χ3n) is 2.20. The van der Waals surface area contributed by atoms with E-state index in [0.29, 0.717) is 0 Å². The van der Waals surface area contributed by atoms with Crippen LogP contribution in [0.2, 0.25) is 0 Å². The van der Waals surface area contributed by atoms with Crippen LogP contribution in [0.15, 0.2) is 18.7 Å². The average Bonchev–Trinajstić information content (AvgIpc) is 2.07. The highest BCUT2D eigenvalue weighted by atomic mass is 16.5. The van der Waals surface area contributed by atoms with Gasteiger partial charge in [0.2, 0.25) is 0 Å². The summed E-state index contributed by atoms with van der Waals surface area (Å²) < 4.78 is 5.88. The molecule has 0 aromatic heterocycles. The van der Waals surface area contributed by atoms with Gasteiger partial charge in [0.25, 0.3) is 0 Å². The topological polar surface area (TPSA) is 9.23 Å². The fraction of sp³-hybridized carbons (Fsp3) is 0.429. The molecule has 0 fully saturated rings. The van der Waals surface area contributed by atoms with E-state index < -0.39 is 0 Å². The van der Waals surface area contributed by atoms with Gasteiger partial charge in [-0.2, -0.15) is 0 Å². The molecular formula is C14H20O. The lowest BCUT2D eigenvalue weighted by Gasteiger charge is -2.23. The number of rotatable bonds is 2. The first-order valence-electron chi connectivity index (χ1n) is 5.26. The molecule has 1 heteroatoms. The molecule has 0 spiro atoms. The van der Waals surface area contributed by atoms with Gasteiger partial charge < -0.3 is 4.74 Å². The first-order valence-corrected chi connectivity index (χ1v) is 5.26. The maximum Gasteiger partial charge on any atom is 0.123 e. The quantitative estimate of drug-likeness (QED) is 0.704. The van der Waals surface area contributed by atoms with Crippen molar-refractivity contribution in [1.29, 1.82) is 0 Å². The van der Waals surface area contributed by atoms with Gasteiger partial charge in [0.1, 0.15) is 11.4 Å². The Morgan fingerprint density at radius 3 is 2.20 bits per heavy atom. The predicted octanol–water partition coefficient (Wildman–Crippen LogP) is 4.12. The van der Waals surface area contributed by atoms with E-state index in [1.807, 2.05) is 6.08 Å². The molecule has 0 aliphatic carbocycles. The second-order valence-electron chi connectivity index (χ2n) is 4.89. The Hall–Kier alpha value is -1.24. The van der Waals surface area contributed by atoms with Gasteiger partial charge in [0.05, 0.1) is 0 Å². The summed E-state index contributed by atoms with van der Waals surface area (Å²) in [5.41, 5.74) is 3.40. The van der Waals surface area contributed by atoms with Crippen molar-refractivity contribution in [2.75, 3.05) is 0 Å². The first-order chi connectivity index (χ1) is 6.83. The minimum absolute atomic E-state index is 0.154. The lowest BCUT2D eigenvalue weighted by Crippen LogP contribution is -2.23. The Morgan fingerprint density at radius 2 is 1.73 bits per heavy atom. The summed E-state index contributed by atoms with van der Waals surface area (Å²) in [4.78, 5) is 0. The molecular weight excluding hydrogens is 184 g/mol. The van der Waals surface area contributed by atoms with Crippen molar-refractivity contribution in [2.45, 2.75) is 40.2 Å². The predicted molar refractivity (Wildman–Crippen MR) is 66.4 cm³/mol. The van der Waals surface area contributed by atoms with Gasteiger partial charge in [-0.15, -0.1) is 0 Å². The number of aryl methyl sites for hydroxylation is 2. The third kappa shape index (κ3) is 3.12. The molecule has 0 heterocycles. The van der Waals surface area contributed by atoms with Gasteiger partial charge in [-0.05, 0) is 57.4 Å². The highest BCUT2D eigenvalue weighted by Crippen LogP contribution is 2.26. The highest BCUT2D eigenvalue weighted by Gasteiger charge is 2.14. The van der Waals surface area contributed by atoms with E-state index in [-0.39, 0.29) is 5.60 Å². The standard InChI is InChI=1S/C14H20O/c1-7-12-9-13(15-14(4,5)6)11(3)8-10(12)2/h7-9H,1H2,2-6H3. The van der Waals surface area contributed by atoms with Gasteiger partial charge in [0.15, 0.2) is 0 Å². The summed E-state index contributed by atoms with van der Waals surface area (Å²) in [6, 6.07) is 4.20. The molecule has 0 aliphatic heterocycles. The van der Waals surface area contributed by atoms with Crippen LogP contribution in [-0.2, 0) is 0 Å². The summed E-state index contributed by atoms with van der Waals surface area (Å²) in [6.07, 6.45) is 1.87. The van der Waals surface area contributed by atoms with E-state index in [2.05, 4.69) is 53.3 Å². The van der Waals surface area contributed by atoms with Crippen LogP contribution < -0.4 is 4.74 Å². The molecule has 0 aliphatic rings. The maximum absolute atomic E-state index is 5.88. The van der Waals surface area contributed by atoms with E-state index in [1.165, 1.54) is 11.1 Å². The van der Waals surface area contributed by atoms with Crippen LogP contribution in [-0.4, -0.2) is 5.60 Å². The van der Waals surface area contributed by atoms with E-state index in [0.717, 1.165) is 11.3 Å². The molecule has 0 N–H and O–H groups in total. The Bertz CT molecular complexity index is 370. The van der Waals surface area contributed by atoms with Crippen molar-refractivity contribution in [2.24, 2.45) is 0 Å². The van der Waals surface area contributed by atoms with Gasteiger partial charge in [0, 0.05) is 0 Å². The molecule has 1 aromatic carbocycles. The van der Waals surface area contributed by atoms with E-state index in [9.17, 15) is 0 Å². The van der Waals surface area contributed by atoms with Gasteiger partial charge in [-0.1, -0.05) is 18.7 Å². The molecule has 15 heavy (non-hydrogen) atoms. The fourth-order valence-corrected chi connectivity index (χ4v) is 1.51. The molecule has 1 aromatic rings. The molecule has 0 amide bonds.